The number of rotatable bonds is 11. The molecule has 4 aromatic rings. The van der Waals surface area contributed by atoms with Gasteiger partial charge in [0, 0.05) is 25.2 Å². The molecule has 0 saturated heterocycles. The highest BCUT2D eigenvalue weighted by atomic mass is 32.5. The van der Waals surface area contributed by atoms with Crippen molar-refractivity contribution in [2.75, 3.05) is 6.61 Å². The molecule has 0 atom stereocenters. The van der Waals surface area contributed by atoms with Gasteiger partial charge in [0.05, 0.1) is 12.8 Å². The summed E-state index contributed by atoms with van der Waals surface area (Å²) in [6.45, 7) is 1.35. The van der Waals surface area contributed by atoms with E-state index in [0.29, 0.717) is 42.5 Å². The summed E-state index contributed by atoms with van der Waals surface area (Å²) in [5.74, 6) is 1.47. The van der Waals surface area contributed by atoms with Gasteiger partial charge in [-0.05, 0) is 48.0 Å². The van der Waals surface area contributed by atoms with Crippen LogP contribution in [0.25, 0.3) is 12.2 Å². The maximum atomic E-state index is 12.8. The SMILES string of the molecule is FS(F)(F)(F)(F)c1ccc(C=Cc2nc(COc3ccc(OCCCn4ccnn4)cc3)co2)cc1. The van der Waals surface area contributed by atoms with Crippen molar-refractivity contribution in [3.8, 4) is 11.5 Å². The highest BCUT2D eigenvalue weighted by molar-refractivity contribution is 8.45. The lowest BCUT2D eigenvalue weighted by Crippen LogP contribution is -2.05. The van der Waals surface area contributed by atoms with Gasteiger partial charge >= 0.3 is 10.2 Å². The molecule has 7 nitrogen and oxygen atoms in total. The van der Waals surface area contributed by atoms with E-state index in [-0.39, 0.29) is 18.1 Å². The fourth-order valence-corrected chi connectivity index (χ4v) is 3.68. The molecule has 36 heavy (non-hydrogen) atoms. The molecule has 0 spiro atoms. The van der Waals surface area contributed by atoms with Crippen LogP contribution in [0.4, 0.5) is 19.4 Å². The largest absolute Gasteiger partial charge is 0.494 e. The summed E-state index contributed by atoms with van der Waals surface area (Å²) in [7, 11) is -9.69. The van der Waals surface area contributed by atoms with Gasteiger partial charge in [-0.3, -0.25) is 4.68 Å². The first-order valence-corrected chi connectivity index (χ1v) is 12.6. The number of aromatic nitrogens is 4. The first-order valence-electron chi connectivity index (χ1n) is 10.6. The van der Waals surface area contributed by atoms with E-state index in [4.69, 9.17) is 13.9 Å². The van der Waals surface area contributed by atoms with Crippen LogP contribution in [0.1, 0.15) is 23.6 Å². The number of hydrogen-bond acceptors (Lipinski definition) is 6. The third kappa shape index (κ3) is 7.31. The summed E-state index contributed by atoms with van der Waals surface area (Å²) in [6.07, 6.45) is 8.37. The Morgan fingerprint density at radius 1 is 0.889 bits per heavy atom. The van der Waals surface area contributed by atoms with Crippen molar-refractivity contribution in [1.82, 2.24) is 20.0 Å². The lowest BCUT2D eigenvalue weighted by Gasteiger charge is -2.40. The Morgan fingerprint density at radius 2 is 1.58 bits per heavy atom. The topological polar surface area (TPSA) is 75.2 Å². The molecule has 192 valence electrons. The quantitative estimate of drug-likeness (QED) is 0.152. The second kappa shape index (κ2) is 9.30. The molecular weight excluding hydrogens is 507 g/mol. The Kier molecular flexibility index (Phi) is 6.52. The molecule has 0 unspecified atom stereocenters. The summed E-state index contributed by atoms with van der Waals surface area (Å²) in [6, 6.07) is 9.67. The Labute approximate surface area is 202 Å². The van der Waals surface area contributed by atoms with Crippen LogP contribution in [0.15, 0.2) is 76.5 Å². The zero-order valence-corrected chi connectivity index (χ0v) is 19.5. The molecule has 0 N–H and O–H groups in total. The number of aryl methyl sites for hydroxylation is 1. The van der Waals surface area contributed by atoms with Crippen LogP contribution < -0.4 is 9.47 Å². The van der Waals surface area contributed by atoms with E-state index >= 15 is 0 Å². The Balaban J connectivity index is 1.23. The van der Waals surface area contributed by atoms with Crippen LogP contribution in [0, 0.1) is 0 Å². The normalized spacial score (nSPS) is 13.9. The highest BCUT2D eigenvalue weighted by Crippen LogP contribution is 3.02. The maximum Gasteiger partial charge on any atom is 0.310 e. The smallest absolute Gasteiger partial charge is 0.310 e. The van der Waals surface area contributed by atoms with Crippen LogP contribution in [-0.2, 0) is 13.2 Å². The first-order chi connectivity index (χ1) is 16.9. The first kappa shape index (κ1) is 25.2. The number of halogens is 5. The van der Waals surface area contributed by atoms with E-state index in [9.17, 15) is 19.4 Å². The Bertz CT molecular complexity index is 1310. The van der Waals surface area contributed by atoms with Gasteiger partial charge in [-0.25, -0.2) is 4.98 Å². The third-order valence-electron chi connectivity index (χ3n) is 4.80. The van der Waals surface area contributed by atoms with Crippen LogP contribution in [0.5, 0.6) is 11.5 Å². The number of nitrogens with zero attached hydrogens (tertiary/aromatic N) is 4. The molecule has 0 radical (unpaired) electrons. The van der Waals surface area contributed by atoms with Crippen LogP contribution in [0.3, 0.4) is 0 Å². The average molecular weight is 529 g/mol. The van der Waals surface area contributed by atoms with Crippen molar-refractivity contribution in [2.24, 2.45) is 0 Å². The predicted octanol–water partition coefficient (Wildman–Crippen LogP) is 7.14. The summed E-state index contributed by atoms with van der Waals surface area (Å²) in [4.78, 5) is 2.26. The number of ether oxygens (including phenoxy) is 2. The van der Waals surface area contributed by atoms with E-state index in [2.05, 4.69) is 15.3 Å². The number of oxazole rings is 1. The zero-order chi connectivity index (χ0) is 25.7. The van der Waals surface area contributed by atoms with Crippen LogP contribution in [-0.4, -0.2) is 26.6 Å². The summed E-state index contributed by atoms with van der Waals surface area (Å²) >= 11 is 0. The molecular formula is C23H21F5N4O3S. The average Bonchev–Trinajstić information content (AvgIpc) is 3.51. The molecule has 2 aromatic carbocycles. The fourth-order valence-electron chi connectivity index (χ4n) is 3.03. The van der Waals surface area contributed by atoms with Crippen LogP contribution >= 0.6 is 10.2 Å². The zero-order valence-electron chi connectivity index (χ0n) is 18.6. The molecule has 2 aromatic heterocycles. The molecule has 0 fully saturated rings. The summed E-state index contributed by atoms with van der Waals surface area (Å²) < 4.78 is 82.3. The minimum atomic E-state index is -9.69. The minimum absolute atomic E-state index is 0.119. The Morgan fingerprint density at radius 3 is 2.22 bits per heavy atom. The van der Waals surface area contributed by atoms with Crippen molar-refractivity contribution in [3.63, 3.8) is 0 Å². The molecule has 0 aliphatic heterocycles. The van der Waals surface area contributed by atoms with Crippen molar-refractivity contribution in [3.05, 3.63) is 84.3 Å². The van der Waals surface area contributed by atoms with Crippen molar-refractivity contribution in [2.45, 2.75) is 24.5 Å². The Hall–Kier alpha value is -3.87. The molecule has 0 saturated carbocycles. The van der Waals surface area contributed by atoms with Gasteiger partial charge in [-0.1, -0.05) is 36.8 Å². The molecule has 0 aliphatic carbocycles. The van der Waals surface area contributed by atoms with E-state index < -0.39 is 15.1 Å². The predicted molar refractivity (Wildman–Crippen MR) is 124 cm³/mol. The lowest BCUT2D eigenvalue weighted by molar-refractivity contribution is 0.291. The van der Waals surface area contributed by atoms with E-state index in [1.54, 1.807) is 41.3 Å². The van der Waals surface area contributed by atoms with E-state index in [1.165, 1.54) is 18.4 Å². The molecule has 0 aliphatic rings. The number of benzene rings is 2. The fraction of sp³-hybridized carbons (Fsp3) is 0.174. The van der Waals surface area contributed by atoms with Gasteiger partial charge in [-0.15, -0.1) is 5.10 Å². The van der Waals surface area contributed by atoms with Gasteiger partial charge in [0.15, 0.2) is 0 Å². The minimum Gasteiger partial charge on any atom is -0.494 e. The van der Waals surface area contributed by atoms with Crippen molar-refractivity contribution < 1.29 is 33.3 Å². The van der Waals surface area contributed by atoms with Crippen molar-refractivity contribution in [1.29, 1.82) is 0 Å². The second-order valence-corrected chi connectivity index (χ2v) is 10.1. The summed E-state index contributed by atoms with van der Waals surface area (Å²) in [5, 5.41) is 7.62. The van der Waals surface area contributed by atoms with Crippen LogP contribution in [0.2, 0.25) is 0 Å². The van der Waals surface area contributed by atoms with Gasteiger partial charge in [-0.2, -0.15) is 0 Å². The molecule has 4 rings (SSSR count). The van der Waals surface area contributed by atoms with Crippen molar-refractivity contribution >= 4 is 22.4 Å². The van der Waals surface area contributed by atoms with E-state index in [0.717, 1.165) is 18.6 Å². The van der Waals surface area contributed by atoms with E-state index in [1.807, 2.05) is 0 Å². The monoisotopic (exact) mass is 528 g/mol. The summed E-state index contributed by atoms with van der Waals surface area (Å²) in [5.41, 5.74) is 0.761. The van der Waals surface area contributed by atoms with Gasteiger partial charge in [0.2, 0.25) is 5.89 Å². The molecule has 13 heteroatoms. The second-order valence-electron chi connectivity index (χ2n) is 7.68. The molecule has 0 bridgehead atoms. The third-order valence-corrected chi connectivity index (χ3v) is 5.96. The van der Waals surface area contributed by atoms with Gasteiger partial charge < -0.3 is 13.9 Å². The number of hydrogen-bond donors (Lipinski definition) is 0. The molecule has 2 heterocycles. The van der Waals surface area contributed by atoms with Gasteiger partial charge in [0.25, 0.3) is 0 Å². The highest BCUT2D eigenvalue weighted by Gasteiger charge is 2.65. The standard InChI is InChI=1S/C23H21F5N4O3S/c24-36(25,26,27,28)22-9-2-18(3-10-22)4-11-23-30-19(17-35-23)16-34-21-7-5-20(6-8-21)33-15-1-13-32-14-12-29-31-32/h2-12,14,17H,1,13,15-16H2. The lowest BCUT2D eigenvalue weighted by atomic mass is 10.2. The maximum absolute atomic E-state index is 12.8. The molecule has 0 amide bonds. The van der Waals surface area contributed by atoms with Gasteiger partial charge in [0.1, 0.15) is 35.0 Å².